The summed E-state index contributed by atoms with van der Waals surface area (Å²) in [6, 6.07) is 9.02. The molecule has 0 saturated heterocycles. The molecule has 6 heteroatoms. The fraction of sp³-hybridized carbons (Fsp3) is 0.267. The Morgan fingerprint density at radius 2 is 2.10 bits per heavy atom. The van der Waals surface area contributed by atoms with Crippen molar-refractivity contribution in [1.29, 1.82) is 0 Å². The van der Waals surface area contributed by atoms with Gasteiger partial charge in [0.15, 0.2) is 0 Å². The van der Waals surface area contributed by atoms with E-state index in [1.807, 2.05) is 23.6 Å². The molecule has 21 heavy (non-hydrogen) atoms. The van der Waals surface area contributed by atoms with Crippen LogP contribution in [-0.4, -0.2) is 26.2 Å². The van der Waals surface area contributed by atoms with E-state index in [-0.39, 0.29) is 5.91 Å². The fourth-order valence-electron chi connectivity index (χ4n) is 1.62. The minimum atomic E-state index is -0.0882. The molecule has 0 unspecified atom stereocenters. The minimum Gasteiger partial charge on any atom is -0.489 e. The first-order valence-electron chi connectivity index (χ1n) is 6.42. The molecule has 2 rings (SSSR count). The van der Waals surface area contributed by atoms with Crippen molar-refractivity contribution in [3.05, 3.63) is 51.2 Å². The van der Waals surface area contributed by atoms with Crippen molar-refractivity contribution in [2.75, 3.05) is 20.3 Å². The molecular formula is C15H16ClNO3S. The van der Waals surface area contributed by atoms with Crippen LogP contribution in [0.25, 0.3) is 0 Å². The zero-order valence-electron chi connectivity index (χ0n) is 11.6. The van der Waals surface area contributed by atoms with E-state index in [4.69, 9.17) is 21.1 Å². The van der Waals surface area contributed by atoms with Gasteiger partial charge in [0.05, 0.1) is 11.5 Å². The van der Waals surface area contributed by atoms with E-state index >= 15 is 0 Å². The number of nitrogens with one attached hydrogen (secondary N) is 1. The molecule has 0 atom stereocenters. The standard InChI is InChI=1S/C15H16ClNO3S/c1-19-7-6-17-15(18)14-8-11(10-21-14)9-20-13-4-2-12(16)3-5-13/h2-5,8,10H,6-7,9H2,1H3,(H,17,18). The number of rotatable bonds is 7. The summed E-state index contributed by atoms with van der Waals surface area (Å²) in [6.07, 6.45) is 0. The molecular weight excluding hydrogens is 310 g/mol. The number of thiophene rings is 1. The highest BCUT2D eigenvalue weighted by Gasteiger charge is 2.08. The Morgan fingerprint density at radius 1 is 1.33 bits per heavy atom. The highest BCUT2D eigenvalue weighted by molar-refractivity contribution is 7.12. The topological polar surface area (TPSA) is 47.6 Å². The number of benzene rings is 1. The molecule has 0 fully saturated rings. The van der Waals surface area contributed by atoms with Crippen molar-refractivity contribution in [3.8, 4) is 5.75 Å². The largest absolute Gasteiger partial charge is 0.489 e. The first kappa shape index (κ1) is 15.8. The zero-order valence-corrected chi connectivity index (χ0v) is 13.2. The Kier molecular flexibility index (Phi) is 6.04. The quantitative estimate of drug-likeness (QED) is 0.794. The van der Waals surface area contributed by atoms with Gasteiger partial charge in [-0.25, -0.2) is 0 Å². The van der Waals surface area contributed by atoms with Gasteiger partial charge in [-0.2, -0.15) is 0 Å². The summed E-state index contributed by atoms with van der Waals surface area (Å²) in [4.78, 5) is 12.5. The average Bonchev–Trinajstić information content (AvgIpc) is 2.96. The number of halogens is 1. The van der Waals surface area contributed by atoms with Crippen LogP contribution in [0.4, 0.5) is 0 Å². The van der Waals surface area contributed by atoms with Gasteiger partial charge in [0, 0.05) is 24.2 Å². The van der Waals surface area contributed by atoms with Gasteiger partial charge in [0.1, 0.15) is 12.4 Å². The fourth-order valence-corrected chi connectivity index (χ4v) is 2.56. The predicted octanol–water partition coefficient (Wildman–Crippen LogP) is 3.36. The van der Waals surface area contributed by atoms with Gasteiger partial charge in [-0.05, 0) is 35.7 Å². The summed E-state index contributed by atoms with van der Waals surface area (Å²) < 4.78 is 10.5. The van der Waals surface area contributed by atoms with E-state index < -0.39 is 0 Å². The third kappa shape index (κ3) is 5.04. The van der Waals surface area contributed by atoms with Crippen molar-refractivity contribution in [3.63, 3.8) is 0 Å². The Labute approximate surface area is 132 Å². The molecule has 4 nitrogen and oxygen atoms in total. The van der Waals surface area contributed by atoms with Crippen molar-refractivity contribution in [2.45, 2.75) is 6.61 Å². The first-order chi connectivity index (χ1) is 10.2. The minimum absolute atomic E-state index is 0.0882. The normalized spacial score (nSPS) is 10.4. The highest BCUT2D eigenvalue weighted by Crippen LogP contribution is 2.19. The third-order valence-electron chi connectivity index (χ3n) is 2.69. The van der Waals surface area contributed by atoms with E-state index in [9.17, 15) is 4.79 Å². The number of methoxy groups -OCH3 is 1. The molecule has 0 bridgehead atoms. The Bertz CT molecular complexity index is 583. The summed E-state index contributed by atoms with van der Waals surface area (Å²) in [5.41, 5.74) is 0.965. The molecule has 1 N–H and O–H groups in total. The lowest BCUT2D eigenvalue weighted by Gasteiger charge is -2.04. The van der Waals surface area contributed by atoms with Crippen molar-refractivity contribution >= 4 is 28.8 Å². The maximum absolute atomic E-state index is 11.8. The van der Waals surface area contributed by atoms with E-state index in [0.29, 0.717) is 29.7 Å². The van der Waals surface area contributed by atoms with E-state index in [1.165, 1.54) is 11.3 Å². The van der Waals surface area contributed by atoms with Crippen LogP contribution in [0, 0.1) is 0 Å². The molecule has 0 aliphatic carbocycles. The van der Waals surface area contributed by atoms with Gasteiger partial charge in [-0.1, -0.05) is 11.6 Å². The molecule has 0 aliphatic rings. The average molecular weight is 326 g/mol. The van der Waals surface area contributed by atoms with Crippen LogP contribution < -0.4 is 10.1 Å². The molecule has 2 aromatic rings. The summed E-state index contributed by atoms with van der Waals surface area (Å²) in [5, 5.41) is 5.38. The number of amides is 1. The number of hydrogen-bond acceptors (Lipinski definition) is 4. The Balaban J connectivity index is 1.85. The maximum Gasteiger partial charge on any atom is 0.261 e. The highest BCUT2D eigenvalue weighted by atomic mass is 35.5. The Morgan fingerprint density at radius 3 is 2.81 bits per heavy atom. The second-order valence-electron chi connectivity index (χ2n) is 4.31. The van der Waals surface area contributed by atoms with Crippen LogP contribution in [0.3, 0.4) is 0 Å². The van der Waals surface area contributed by atoms with Gasteiger partial charge < -0.3 is 14.8 Å². The van der Waals surface area contributed by atoms with Crippen LogP contribution in [0.5, 0.6) is 5.75 Å². The summed E-state index contributed by atoms with van der Waals surface area (Å²) in [6.45, 7) is 1.43. The van der Waals surface area contributed by atoms with Gasteiger partial charge in [0.2, 0.25) is 0 Å². The smallest absolute Gasteiger partial charge is 0.261 e. The van der Waals surface area contributed by atoms with Crippen LogP contribution in [-0.2, 0) is 11.3 Å². The molecule has 0 saturated carbocycles. The summed E-state index contributed by atoms with van der Waals surface area (Å²) in [7, 11) is 1.60. The molecule has 0 spiro atoms. The summed E-state index contributed by atoms with van der Waals surface area (Å²) in [5.74, 6) is 0.659. The predicted molar refractivity (Wildman–Crippen MR) is 84.3 cm³/mol. The van der Waals surface area contributed by atoms with Crippen molar-refractivity contribution in [2.24, 2.45) is 0 Å². The van der Waals surface area contributed by atoms with E-state index in [1.54, 1.807) is 19.2 Å². The van der Waals surface area contributed by atoms with Gasteiger partial charge >= 0.3 is 0 Å². The summed E-state index contributed by atoms with van der Waals surface area (Å²) >= 11 is 7.21. The molecule has 0 aliphatic heterocycles. The van der Waals surface area contributed by atoms with Gasteiger partial charge in [-0.3, -0.25) is 4.79 Å². The van der Waals surface area contributed by atoms with Gasteiger partial charge in [0.25, 0.3) is 5.91 Å². The van der Waals surface area contributed by atoms with Gasteiger partial charge in [-0.15, -0.1) is 11.3 Å². The maximum atomic E-state index is 11.8. The van der Waals surface area contributed by atoms with E-state index in [0.717, 1.165) is 11.3 Å². The van der Waals surface area contributed by atoms with Crippen molar-refractivity contribution < 1.29 is 14.3 Å². The zero-order chi connectivity index (χ0) is 15.1. The number of carbonyl (C=O) groups is 1. The Hall–Kier alpha value is -1.56. The second-order valence-corrected chi connectivity index (χ2v) is 5.66. The molecule has 0 radical (unpaired) electrons. The number of hydrogen-bond donors (Lipinski definition) is 1. The number of carbonyl (C=O) groups excluding carboxylic acids is 1. The molecule has 112 valence electrons. The lowest BCUT2D eigenvalue weighted by molar-refractivity contribution is 0.0941. The third-order valence-corrected chi connectivity index (χ3v) is 3.92. The van der Waals surface area contributed by atoms with Crippen LogP contribution in [0.2, 0.25) is 5.02 Å². The molecule has 1 heterocycles. The SMILES string of the molecule is COCCNC(=O)c1cc(COc2ccc(Cl)cc2)cs1. The van der Waals surface area contributed by atoms with Crippen LogP contribution in [0.1, 0.15) is 15.2 Å². The van der Waals surface area contributed by atoms with Crippen molar-refractivity contribution in [1.82, 2.24) is 5.32 Å². The molecule has 1 aromatic carbocycles. The van der Waals surface area contributed by atoms with Crippen LogP contribution >= 0.6 is 22.9 Å². The lowest BCUT2D eigenvalue weighted by Crippen LogP contribution is -2.26. The van der Waals surface area contributed by atoms with E-state index in [2.05, 4.69) is 5.32 Å². The van der Waals surface area contributed by atoms with Crippen LogP contribution in [0.15, 0.2) is 35.7 Å². The molecule has 1 aromatic heterocycles. The monoisotopic (exact) mass is 325 g/mol. The number of ether oxygens (including phenoxy) is 2. The molecule has 1 amide bonds. The second kappa shape index (κ2) is 8.02. The lowest BCUT2D eigenvalue weighted by atomic mass is 10.3. The first-order valence-corrected chi connectivity index (χ1v) is 7.67.